The van der Waals surface area contributed by atoms with Crippen LogP contribution in [0.3, 0.4) is 0 Å². The zero-order valence-electron chi connectivity index (χ0n) is 13.7. The number of aromatic nitrogens is 7. The highest BCUT2D eigenvalue weighted by molar-refractivity contribution is 6.30. The molecule has 0 atom stereocenters. The van der Waals surface area contributed by atoms with Crippen LogP contribution in [0.25, 0.3) is 22.9 Å². The Bertz CT molecular complexity index is 1030. The molecule has 1 saturated carbocycles. The van der Waals surface area contributed by atoms with Crippen LogP contribution in [0, 0.1) is 0 Å². The van der Waals surface area contributed by atoms with Gasteiger partial charge < -0.3 is 0 Å². The average molecular weight is 364 g/mol. The van der Waals surface area contributed by atoms with Crippen molar-refractivity contribution in [2.75, 3.05) is 0 Å². The molecule has 1 fully saturated rings. The van der Waals surface area contributed by atoms with E-state index in [1.807, 2.05) is 41.1 Å². The molecule has 0 bridgehead atoms. The Hall–Kier alpha value is -3.06. The average Bonchev–Trinajstić information content (AvgIpc) is 3.20. The molecule has 1 aromatic carbocycles. The van der Waals surface area contributed by atoms with Gasteiger partial charge in [0.2, 0.25) is 0 Å². The van der Waals surface area contributed by atoms with Gasteiger partial charge in [0.25, 0.3) is 0 Å². The van der Waals surface area contributed by atoms with Crippen LogP contribution in [-0.2, 0) is 0 Å². The first-order chi connectivity index (χ1) is 12.8. The van der Waals surface area contributed by atoms with Gasteiger partial charge in [0.15, 0.2) is 11.6 Å². The molecule has 0 amide bonds. The minimum atomic E-state index is 0.464. The molecule has 7 nitrogen and oxygen atoms in total. The molecule has 0 spiro atoms. The van der Waals surface area contributed by atoms with Crippen molar-refractivity contribution in [3.63, 3.8) is 0 Å². The number of hydrogen-bond acceptors (Lipinski definition) is 5. The number of rotatable bonds is 4. The van der Waals surface area contributed by atoms with Crippen molar-refractivity contribution >= 4 is 11.6 Å². The summed E-state index contributed by atoms with van der Waals surface area (Å²) in [5.41, 5.74) is 1.82. The van der Waals surface area contributed by atoms with E-state index in [2.05, 4.69) is 15.2 Å². The van der Waals surface area contributed by atoms with Crippen LogP contribution in [0.5, 0.6) is 0 Å². The Labute approximate surface area is 154 Å². The smallest absolute Gasteiger partial charge is 0.165 e. The number of halogens is 1. The minimum Gasteiger partial charge on any atom is -0.272 e. The lowest BCUT2D eigenvalue weighted by molar-refractivity contribution is 0.838. The van der Waals surface area contributed by atoms with Gasteiger partial charge >= 0.3 is 0 Å². The topological polar surface area (TPSA) is 74.3 Å². The van der Waals surface area contributed by atoms with E-state index in [9.17, 15) is 0 Å². The van der Waals surface area contributed by atoms with Crippen molar-refractivity contribution in [1.82, 2.24) is 34.5 Å². The first kappa shape index (κ1) is 15.2. The van der Waals surface area contributed by atoms with E-state index >= 15 is 0 Å². The van der Waals surface area contributed by atoms with Crippen molar-refractivity contribution < 1.29 is 0 Å². The first-order valence-corrected chi connectivity index (χ1v) is 8.70. The van der Waals surface area contributed by atoms with Crippen molar-refractivity contribution in [2.45, 2.75) is 18.8 Å². The Morgan fingerprint density at radius 1 is 0.962 bits per heavy atom. The molecule has 4 aromatic rings. The third-order valence-electron chi connectivity index (χ3n) is 4.33. The maximum Gasteiger partial charge on any atom is 0.165 e. The van der Waals surface area contributed by atoms with Gasteiger partial charge in [0.05, 0.1) is 5.69 Å². The summed E-state index contributed by atoms with van der Waals surface area (Å²) < 4.78 is 3.61. The van der Waals surface area contributed by atoms with Gasteiger partial charge in [-0.2, -0.15) is 5.10 Å². The normalized spacial score (nSPS) is 13.9. The van der Waals surface area contributed by atoms with Crippen molar-refractivity contribution in [3.8, 4) is 22.9 Å². The standard InChI is InChI=1S/C18H14ClN7/c19-14-4-6-15(7-5-14)26-18(23-17(24-26)12-1-2-12)13-3-8-16(20-9-13)25-10-21-22-11-25/h3-12H,1-2H2. The van der Waals surface area contributed by atoms with Crippen LogP contribution in [0.1, 0.15) is 24.6 Å². The summed E-state index contributed by atoms with van der Waals surface area (Å²) in [6.45, 7) is 0. The SMILES string of the molecule is Clc1ccc(-n2nc(C3CC3)nc2-c2ccc(-n3cnnc3)nc2)cc1. The van der Waals surface area contributed by atoms with Crippen LogP contribution >= 0.6 is 11.6 Å². The minimum absolute atomic E-state index is 0.464. The highest BCUT2D eigenvalue weighted by atomic mass is 35.5. The van der Waals surface area contributed by atoms with E-state index in [0.29, 0.717) is 10.9 Å². The molecule has 128 valence electrons. The van der Waals surface area contributed by atoms with E-state index in [4.69, 9.17) is 21.7 Å². The Morgan fingerprint density at radius 2 is 1.73 bits per heavy atom. The Kier molecular flexibility index (Phi) is 3.53. The molecule has 26 heavy (non-hydrogen) atoms. The van der Waals surface area contributed by atoms with Crippen molar-refractivity contribution in [2.24, 2.45) is 0 Å². The molecule has 0 unspecified atom stereocenters. The van der Waals surface area contributed by atoms with Gasteiger partial charge in [-0.1, -0.05) is 11.6 Å². The predicted molar refractivity (Wildman–Crippen MR) is 96.5 cm³/mol. The van der Waals surface area contributed by atoms with Gasteiger partial charge in [-0.05, 0) is 49.2 Å². The van der Waals surface area contributed by atoms with Gasteiger partial charge in [-0.25, -0.2) is 14.6 Å². The van der Waals surface area contributed by atoms with Crippen LogP contribution < -0.4 is 0 Å². The van der Waals surface area contributed by atoms with E-state index in [1.165, 1.54) is 0 Å². The summed E-state index contributed by atoms with van der Waals surface area (Å²) in [7, 11) is 0. The molecular weight excluding hydrogens is 350 g/mol. The molecule has 3 heterocycles. The molecule has 0 N–H and O–H groups in total. The van der Waals surface area contributed by atoms with E-state index in [1.54, 1.807) is 23.4 Å². The molecule has 0 radical (unpaired) electrons. The number of hydrogen-bond donors (Lipinski definition) is 0. The molecule has 8 heteroatoms. The third-order valence-corrected chi connectivity index (χ3v) is 4.58. The molecular formula is C18H14ClN7. The number of nitrogens with zero attached hydrogens (tertiary/aromatic N) is 7. The number of pyridine rings is 1. The Balaban J connectivity index is 1.58. The lowest BCUT2D eigenvalue weighted by atomic mass is 10.2. The van der Waals surface area contributed by atoms with Gasteiger partial charge in [-0.15, -0.1) is 10.2 Å². The lowest BCUT2D eigenvalue weighted by Crippen LogP contribution is -2.01. The van der Waals surface area contributed by atoms with Crippen LogP contribution in [-0.4, -0.2) is 34.5 Å². The highest BCUT2D eigenvalue weighted by Gasteiger charge is 2.29. The zero-order valence-corrected chi connectivity index (χ0v) is 14.5. The number of benzene rings is 1. The van der Waals surface area contributed by atoms with Gasteiger partial charge in [0, 0.05) is 22.7 Å². The summed E-state index contributed by atoms with van der Waals surface area (Å²) in [6.07, 6.45) is 7.32. The van der Waals surface area contributed by atoms with Crippen LogP contribution in [0.2, 0.25) is 5.02 Å². The largest absolute Gasteiger partial charge is 0.272 e. The van der Waals surface area contributed by atoms with Gasteiger partial charge in [0.1, 0.15) is 18.5 Å². The summed E-state index contributed by atoms with van der Waals surface area (Å²) >= 11 is 6.02. The summed E-state index contributed by atoms with van der Waals surface area (Å²) in [6, 6.07) is 11.5. The third kappa shape index (κ3) is 2.76. The fraction of sp³-hybridized carbons (Fsp3) is 0.167. The monoisotopic (exact) mass is 363 g/mol. The zero-order chi connectivity index (χ0) is 17.5. The second-order valence-electron chi connectivity index (χ2n) is 6.23. The van der Waals surface area contributed by atoms with Crippen LogP contribution in [0.4, 0.5) is 0 Å². The van der Waals surface area contributed by atoms with Crippen molar-refractivity contribution in [1.29, 1.82) is 0 Å². The van der Waals surface area contributed by atoms with Gasteiger partial charge in [-0.3, -0.25) is 4.57 Å². The quantitative estimate of drug-likeness (QED) is 0.555. The maximum atomic E-state index is 6.02. The summed E-state index contributed by atoms with van der Waals surface area (Å²) in [5, 5.41) is 13.0. The summed E-state index contributed by atoms with van der Waals surface area (Å²) in [5.74, 6) is 2.88. The fourth-order valence-corrected chi connectivity index (χ4v) is 2.91. The molecule has 0 saturated heterocycles. The van der Waals surface area contributed by atoms with E-state index in [-0.39, 0.29) is 0 Å². The first-order valence-electron chi connectivity index (χ1n) is 8.32. The highest BCUT2D eigenvalue weighted by Crippen LogP contribution is 2.39. The molecule has 3 aromatic heterocycles. The van der Waals surface area contributed by atoms with Crippen LogP contribution in [0.15, 0.2) is 55.2 Å². The van der Waals surface area contributed by atoms with E-state index in [0.717, 1.165) is 41.6 Å². The van der Waals surface area contributed by atoms with Crippen molar-refractivity contribution in [3.05, 3.63) is 66.1 Å². The van der Waals surface area contributed by atoms with E-state index < -0.39 is 0 Å². The second kappa shape index (κ2) is 6.03. The lowest BCUT2D eigenvalue weighted by Gasteiger charge is -2.07. The Morgan fingerprint density at radius 3 is 2.38 bits per heavy atom. The second-order valence-corrected chi connectivity index (χ2v) is 6.67. The predicted octanol–water partition coefficient (Wildman–Crippen LogP) is 3.44. The summed E-state index contributed by atoms with van der Waals surface area (Å²) in [4.78, 5) is 9.28. The maximum absolute atomic E-state index is 6.02. The molecule has 1 aliphatic carbocycles. The molecule has 0 aliphatic heterocycles. The fourth-order valence-electron chi connectivity index (χ4n) is 2.78. The molecule has 5 rings (SSSR count). The molecule has 1 aliphatic rings.